The molecule has 1 aromatic carbocycles. The van der Waals surface area contributed by atoms with Crippen molar-refractivity contribution < 1.29 is 9.53 Å². The van der Waals surface area contributed by atoms with Crippen molar-refractivity contribution in [2.45, 2.75) is 48.2 Å². The topological polar surface area (TPSA) is 29.5 Å². The molecule has 0 spiro atoms. The Morgan fingerprint density at radius 1 is 1.18 bits per heavy atom. The summed E-state index contributed by atoms with van der Waals surface area (Å²) in [6.45, 7) is 1.47. The first-order valence-electron chi connectivity index (χ1n) is 8.18. The molecule has 0 unspecified atom stereocenters. The Kier molecular flexibility index (Phi) is 6.77. The number of carbonyl (C=O) groups is 1. The lowest BCUT2D eigenvalue weighted by Crippen LogP contribution is -2.39. The Balaban J connectivity index is 1.97. The Bertz CT molecular complexity index is 455. The predicted molar refractivity (Wildman–Crippen MR) is 92.2 cm³/mol. The monoisotopic (exact) mass is 321 g/mol. The summed E-state index contributed by atoms with van der Waals surface area (Å²) < 4.78 is 5.24. The lowest BCUT2D eigenvalue weighted by Gasteiger charge is -2.34. The number of thioether (sulfide) groups is 1. The van der Waals surface area contributed by atoms with Crippen molar-refractivity contribution in [3.63, 3.8) is 0 Å². The standard InChI is InChI=1S/C18H27NO2S/c1-19(2)14-9-15-21-17(20)18(12-7-4-8-13-18)22-16-10-5-3-6-11-16/h3,5-6,10-11H,4,7-9,12-15H2,1-2H3. The molecule has 0 N–H and O–H groups in total. The van der Waals surface area contributed by atoms with Crippen LogP contribution in [0.4, 0.5) is 0 Å². The Hall–Kier alpha value is -1.00. The van der Waals surface area contributed by atoms with Crippen LogP contribution in [0.2, 0.25) is 0 Å². The molecular formula is C18H27NO2S. The molecule has 0 saturated heterocycles. The van der Waals surface area contributed by atoms with E-state index in [4.69, 9.17) is 4.74 Å². The molecule has 4 heteroatoms. The Labute approximate surface area is 138 Å². The van der Waals surface area contributed by atoms with Crippen LogP contribution in [0.5, 0.6) is 0 Å². The summed E-state index contributed by atoms with van der Waals surface area (Å²) in [7, 11) is 4.07. The third kappa shape index (κ3) is 5.03. The van der Waals surface area contributed by atoms with E-state index in [2.05, 4.69) is 17.0 Å². The minimum Gasteiger partial charge on any atom is -0.465 e. The molecule has 1 aliphatic rings. The minimum absolute atomic E-state index is 0.0141. The van der Waals surface area contributed by atoms with E-state index in [1.165, 1.54) is 6.42 Å². The lowest BCUT2D eigenvalue weighted by atomic mass is 9.88. The average Bonchev–Trinajstić information content (AvgIpc) is 2.53. The molecule has 3 nitrogen and oxygen atoms in total. The van der Waals surface area contributed by atoms with Crippen LogP contribution < -0.4 is 0 Å². The third-order valence-corrected chi connectivity index (χ3v) is 5.55. The molecule has 1 saturated carbocycles. The number of esters is 1. The van der Waals surface area contributed by atoms with Crippen molar-refractivity contribution in [2.24, 2.45) is 0 Å². The minimum atomic E-state index is -0.377. The second-order valence-corrected chi connectivity index (χ2v) is 7.72. The first kappa shape index (κ1) is 17.4. The van der Waals surface area contributed by atoms with Gasteiger partial charge in [-0.25, -0.2) is 0 Å². The van der Waals surface area contributed by atoms with Crippen LogP contribution in [-0.2, 0) is 9.53 Å². The van der Waals surface area contributed by atoms with Gasteiger partial charge >= 0.3 is 5.97 Å². The molecule has 0 heterocycles. The molecule has 0 bridgehead atoms. The van der Waals surface area contributed by atoms with Crippen LogP contribution in [0.1, 0.15) is 38.5 Å². The number of ether oxygens (including phenoxy) is 1. The predicted octanol–water partition coefficient (Wildman–Crippen LogP) is 3.98. The molecule has 2 rings (SSSR count). The second-order valence-electron chi connectivity index (χ2n) is 6.26. The maximum Gasteiger partial charge on any atom is 0.322 e. The van der Waals surface area contributed by atoms with Crippen LogP contribution in [0.25, 0.3) is 0 Å². The van der Waals surface area contributed by atoms with E-state index in [0.29, 0.717) is 6.61 Å². The highest BCUT2D eigenvalue weighted by Gasteiger charge is 2.42. The number of hydrogen-bond acceptors (Lipinski definition) is 4. The van der Waals surface area contributed by atoms with E-state index in [9.17, 15) is 4.79 Å². The van der Waals surface area contributed by atoms with Gasteiger partial charge in [0.05, 0.1) is 6.61 Å². The van der Waals surface area contributed by atoms with E-state index in [1.807, 2.05) is 32.3 Å². The summed E-state index contributed by atoms with van der Waals surface area (Å²) in [5, 5.41) is 0. The quantitative estimate of drug-likeness (QED) is 0.561. The highest BCUT2D eigenvalue weighted by atomic mass is 32.2. The van der Waals surface area contributed by atoms with Gasteiger partial charge in [-0.2, -0.15) is 0 Å². The van der Waals surface area contributed by atoms with Crippen molar-refractivity contribution in [3.8, 4) is 0 Å². The highest BCUT2D eigenvalue weighted by molar-refractivity contribution is 8.01. The molecule has 0 amide bonds. The third-order valence-electron chi connectivity index (χ3n) is 4.07. The van der Waals surface area contributed by atoms with Crippen LogP contribution in [0.15, 0.2) is 35.2 Å². The summed E-state index contributed by atoms with van der Waals surface area (Å²) in [6, 6.07) is 10.2. The van der Waals surface area contributed by atoms with Gasteiger partial charge < -0.3 is 9.64 Å². The van der Waals surface area contributed by atoms with Gasteiger partial charge in [-0.3, -0.25) is 4.79 Å². The summed E-state index contributed by atoms with van der Waals surface area (Å²) in [4.78, 5) is 16.0. The molecule has 122 valence electrons. The average molecular weight is 321 g/mol. The summed E-state index contributed by atoms with van der Waals surface area (Å²) in [5.74, 6) is -0.0141. The Morgan fingerprint density at radius 3 is 2.50 bits per heavy atom. The van der Waals surface area contributed by atoms with E-state index < -0.39 is 0 Å². The molecular weight excluding hydrogens is 294 g/mol. The first-order valence-corrected chi connectivity index (χ1v) is 9.00. The van der Waals surface area contributed by atoms with Gasteiger partial charge in [-0.05, 0) is 45.5 Å². The SMILES string of the molecule is CN(C)CCCOC(=O)C1(Sc2ccccc2)CCCCC1. The summed E-state index contributed by atoms with van der Waals surface area (Å²) in [6.07, 6.45) is 6.22. The van der Waals surface area contributed by atoms with Crippen LogP contribution in [-0.4, -0.2) is 42.9 Å². The van der Waals surface area contributed by atoms with Gasteiger partial charge in [0.25, 0.3) is 0 Å². The zero-order valence-corrected chi connectivity index (χ0v) is 14.5. The largest absolute Gasteiger partial charge is 0.465 e. The van der Waals surface area contributed by atoms with E-state index in [-0.39, 0.29) is 10.7 Å². The van der Waals surface area contributed by atoms with E-state index in [1.54, 1.807) is 11.8 Å². The van der Waals surface area contributed by atoms with Crippen molar-refractivity contribution in [3.05, 3.63) is 30.3 Å². The van der Waals surface area contributed by atoms with E-state index >= 15 is 0 Å². The van der Waals surface area contributed by atoms with Gasteiger partial charge in [-0.1, -0.05) is 37.5 Å². The second kappa shape index (κ2) is 8.59. The molecule has 1 aliphatic carbocycles. The van der Waals surface area contributed by atoms with Gasteiger partial charge in [0.1, 0.15) is 4.75 Å². The van der Waals surface area contributed by atoms with Crippen molar-refractivity contribution >= 4 is 17.7 Å². The number of hydrogen-bond donors (Lipinski definition) is 0. The molecule has 0 aliphatic heterocycles. The van der Waals surface area contributed by atoms with Crippen LogP contribution in [0, 0.1) is 0 Å². The first-order chi connectivity index (χ1) is 10.6. The number of rotatable bonds is 7. The number of benzene rings is 1. The fourth-order valence-corrected chi connectivity index (χ4v) is 4.24. The zero-order valence-electron chi connectivity index (χ0n) is 13.7. The van der Waals surface area contributed by atoms with Gasteiger partial charge in [0.15, 0.2) is 0 Å². The van der Waals surface area contributed by atoms with Crippen molar-refractivity contribution in [1.29, 1.82) is 0 Å². The number of carbonyl (C=O) groups excluding carboxylic acids is 1. The maximum absolute atomic E-state index is 12.7. The molecule has 0 atom stereocenters. The maximum atomic E-state index is 12.7. The van der Waals surface area contributed by atoms with Gasteiger partial charge in [0.2, 0.25) is 0 Å². The van der Waals surface area contributed by atoms with E-state index in [0.717, 1.165) is 43.5 Å². The molecule has 1 fully saturated rings. The fraction of sp³-hybridized carbons (Fsp3) is 0.611. The normalized spacial score (nSPS) is 17.4. The smallest absolute Gasteiger partial charge is 0.322 e. The van der Waals surface area contributed by atoms with Crippen LogP contribution >= 0.6 is 11.8 Å². The summed E-state index contributed by atoms with van der Waals surface area (Å²) in [5.41, 5.74) is 0. The van der Waals surface area contributed by atoms with Crippen molar-refractivity contribution in [2.75, 3.05) is 27.2 Å². The highest BCUT2D eigenvalue weighted by Crippen LogP contribution is 2.44. The number of nitrogens with zero attached hydrogens (tertiary/aromatic N) is 1. The molecule has 0 radical (unpaired) electrons. The molecule has 0 aromatic heterocycles. The lowest BCUT2D eigenvalue weighted by molar-refractivity contribution is -0.147. The zero-order chi connectivity index (χ0) is 15.8. The molecule has 22 heavy (non-hydrogen) atoms. The molecule has 1 aromatic rings. The fourth-order valence-electron chi connectivity index (χ4n) is 2.86. The van der Waals surface area contributed by atoms with Crippen molar-refractivity contribution in [1.82, 2.24) is 4.90 Å². The van der Waals surface area contributed by atoms with Gasteiger partial charge in [-0.15, -0.1) is 11.8 Å². The van der Waals surface area contributed by atoms with Gasteiger partial charge in [0, 0.05) is 11.4 Å². The van der Waals surface area contributed by atoms with Crippen LogP contribution in [0.3, 0.4) is 0 Å². The Morgan fingerprint density at radius 2 is 1.86 bits per heavy atom. The summed E-state index contributed by atoms with van der Waals surface area (Å²) >= 11 is 1.70.